The highest BCUT2D eigenvalue weighted by Gasteiger charge is 2.12. The van der Waals surface area contributed by atoms with Gasteiger partial charge in [0.15, 0.2) is 5.16 Å². The topological polar surface area (TPSA) is 39.9 Å². The van der Waals surface area contributed by atoms with E-state index in [-0.39, 0.29) is 0 Å². The standard InChI is InChI=1S/C22H23BrClN3OS/c1-3-11-27-21(8-5-12-28-20-10-9-19(24)13-16(20)2)25-26-22(27)29-15-17-6-4-7-18(23)14-17/h3-4,6-7,9-10,13-14H,1,5,8,11-12,15H2,2H3. The number of aryl methyl sites for hydroxylation is 2. The molecule has 0 N–H and O–H groups in total. The summed E-state index contributed by atoms with van der Waals surface area (Å²) in [6.45, 7) is 7.18. The van der Waals surface area contributed by atoms with Crippen LogP contribution in [0.4, 0.5) is 0 Å². The molecule has 0 aliphatic heterocycles. The Kier molecular flexibility index (Phi) is 8.21. The van der Waals surface area contributed by atoms with Gasteiger partial charge in [0.1, 0.15) is 11.6 Å². The molecule has 3 aromatic rings. The van der Waals surface area contributed by atoms with Crippen LogP contribution < -0.4 is 4.74 Å². The van der Waals surface area contributed by atoms with E-state index in [9.17, 15) is 0 Å². The number of hydrogen-bond acceptors (Lipinski definition) is 4. The number of nitrogens with zero attached hydrogens (tertiary/aromatic N) is 3. The highest BCUT2D eigenvalue weighted by molar-refractivity contribution is 9.10. The molecule has 0 saturated carbocycles. The van der Waals surface area contributed by atoms with E-state index in [1.807, 2.05) is 43.3 Å². The molecule has 7 heteroatoms. The lowest BCUT2D eigenvalue weighted by molar-refractivity contribution is 0.307. The summed E-state index contributed by atoms with van der Waals surface area (Å²) in [4.78, 5) is 0. The molecule has 4 nitrogen and oxygen atoms in total. The lowest BCUT2D eigenvalue weighted by Gasteiger charge is -2.10. The van der Waals surface area contributed by atoms with Crippen molar-refractivity contribution in [1.82, 2.24) is 14.8 Å². The molecule has 29 heavy (non-hydrogen) atoms. The maximum Gasteiger partial charge on any atom is 0.191 e. The zero-order chi connectivity index (χ0) is 20.6. The van der Waals surface area contributed by atoms with Gasteiger partial charge < -0.3 is 9.30 Å². The van der Waals surface area contributed by atoms with Crippen LogP contribution in [0.2, 0.25) is 5.02 Å². The molecule has 2 aromatic carbocycles. The minimum absolute atomic E-state index is 0.615. The Morgan fingerprint density at radius 1 is 1.24 bits per heavy atom. The maximum atomic E-state index is 5.99. The summed E-state index contributed by atoms with van der Waals surface area (Å²) in [7, 11) is 0. The molecule has 0 saturated heterocycles. The molecule has 1 heterocycles. The Labute approximate surface area is 189 Å². The Hall–Kier alpha value is -1.76. The Morgan fingerprint density at radius 2 is 2.10 bits per heavy atom. The molecule has 152 valence electrons. The SMILES string of the molecule is C=CCn1c(CCCOc2ccc(Cl)cc2C)nnc1SCc1cccc(Br)c1. The summed E-state index contributed by atoms with van der Waals surface area (Å²) < 4.78 is 9.10. The van der Waals surface area contributed by atoms with Gasteiger partial charge in [0.2, 0.25) is 0 Å². The zero-order valence-corrected chi connectivity index (χ0v) is 19.4. The van der Waals surface area contributed by atoms with Gasteiger partial charge in [0.25, 0.3) is 0 Å². The van der Waals surface area contributed by atoms with Crippen LogP contribution in [0, 0.1) is 6.92 Å². The molecule has 0 unspecified atom stereocenters. The Morgan fingerprint density at radius 3 is 2.86 bits per heavy atom. The molecular weight excluding hydrogens is 470 g/mol. The monoisotopic (exact) mass is 491 g/mol. The predicted molar refractivity (Wildman–Crippen MR) is 124 cm³/mol. The van der Waals surface area contributed by atoms with E-state index in [2.05, 4.69) is 49.4 Å². The van der Waals surface area contributed by atoms with E-state index in [1.54, 1.807) is 11.8 Å². The fourth-order valence-corrected chi connectivity index (χ4v) is 4.47. The lowest BCUT2D eigenvalue weighted by Crippen LogP contribution is -2.07. The first-order valence-electron chi connectivity index (χ1n) is 9.36. The average molecular weight is 493 g/mol. The van der Waals surface area contributed by atoms with E-state index in [0.29, 0.717) is 13.2 Å². The fourth-order valence-electron chi connectivity index (χ4n) is 2.88. The molecular formula is C22H23BrClN3OS. The lowest BCUT2D eigenvalue weighted by atomic mass is 10.2. The van der Waals surface area contributed by atoms with Crippen molar-refractivity contribution in [2.75, 3.05) is 6.61 Å². The highest BCUT2D eigenvalue weighted by atomic mass is 79.9. The quantitative estimate of drug-likeness (QED) is 0.184. The van der Waals surface area contributed by atoms with E-state index >= 15 is 0 Å². The van der Waals surface area contributed by atoms with Crippen LogP contribution in [0.3, 0.4) is 0 Å². The van der Waals surface area contributed by atoms with Crippen molar-refractivity contribution in [2.45, 2.75) is 37.2 Å². The van der Waals surface area contributed by atoms with Gasteiger partial charge in [0.05, 0.1) is 6.61 Å². The van der Waals surface area contributed by atoms with E-state index in [4.69, 9.17) is 16.3 Å². The van der Waals surface area contributed by atoms with Crippen molar-refractivity contribution in [2.24, 2.45) is 0 Å². The summed E-state index contributed by atoms with van der Waals surface area (Å²) in [6, 6.07) is 14.0. The largest absolute Gasteiger partial charge is 0.493 e. The second kappa shape index (κ2) is 10.9. The number of thioether (sulfide) groups is 1. The van der Waals surface area contributed by atoms with Crippen LogP contribution in [0.15, 0.2) is 64.7 Å². The van der Waals surface area contributed by atoms with Crippen LogP contribution in [-0.4, -0.2) is 21.4 Å². The molecule has 0 bridgehead atoms. The van der Waals surface area contributed by atoms with Gasteiger partial charge in [-0.2, -0.15) is 0 Å². The fraction of sp³-hybridized carbons (Fsp3) is 0.273. The molecule has 0 amide bonds. The van der Waals surface area contributed by atoms with Crippen molar-refractivity contribution in [3.8, 4) is 5.75 Å². The number of ether oxygens (including phenoxy) is 1. The molecule has 1 aromatic heterocycles. The van der Waals surface area contributed by atoms with Gasteiger partial charge >= 0.3 is 0 Å². The number of hydrogen-bond donors (Lipinski definition) is 0. The van der Waals surface area contributed by atoms with Gasteiger partial charge in [-0.15, -0.1) is 16.8 Å². The molecule has 3 rings (SSSR count). The first-order valence-corrected chi connectivity index (χ1v) is 11.5. The summed E-state index contributed by atoms with van der Waals surface area (Å²) in [6.07, 6.45) is 3.53. The van der Waals surface area contributed by atoms with Crippen LogP contribution in [-0.2, 0) is 18.7 Å². The third kappa shape index (κ3) is 6.36. The maximum absolute atomic E-state index is 5.99. The van der Waals surface area contributed by atoms with Crippen molar-refractivity contribution in [3.63, 3.8) is 0 Å². The van der Waals surface area contributed by atoms with Crippen molar-refractivity contribution in [1.29, 1.82) is 0 Å². The average Bonchev–Trinajstić information content (AvgIpc) is 3.07. The number of aromatic nitrogens is 3. The first kappa shape index (κ1) is 21.9. The second-order valence-corrected chi connectivity index (χ2v) is 8.87. The van der Waals surface area contributed by atoms with Crippen LogP contribution in [0.25, 0.3) is 0 Å². The van der Waals surface area contributed by atoms with E-state index in [1.165, 1.54) is 5.56 Å². The first-order chi connectivity index (χ1) is 14.1. The summed E-state index contributed by atoms with van der Waals surface area (Å²) in [5, 5.41) is 10.4. The van der Waals surface area contributed by atoms with Crippen LogP contribution >= 0.6 is 39.3 Å². The third-order valence-corrected chi connectivity index (χ3v) is 6.07. The number of allylic oxidation sites excluding steroid dienone is 1. The smallest absolute Gasteiger partial charge is 0.191 e. The van der Waals surface area contributed by atoms with Crippen LogP contribution in [0.1, 0.15) is 23.4 Å². The highest BCUT2D eigenvalue weighted by Crippen LogP contribution is 2.25. The zero-order valence-electron chi connectivity index (χ0n) is 16.3. The minimum atomic E-state index is 0.615. The Bertz CT molecular complexity index is 976. The molecule has 0 aliphatic rings. The number of rotatable bonds is 10. The van der Waals surface area contributed by atoms with Gasteiger partial charge in [-0.3, -0.25) is 0 Å². The minimum Gasteiger partial charge on any atom is -0.493 e. The van der Waals surface area contributed by atoms with Gasteiger partial charge in [0, 0.05) is 28.2 Å². The van der Waals surface area contributed by atoms with E-state index < -0.39 is 0 Å². The van der Waals surface area contributed by atoms with E-state index in [0.717, 1.165) is 50.4 Å². The molecule has 0 radical (unpaired) electrons. The van der Waals surface area contributed by atoms with Crippen molar-refractivity contribution >= 4 is 39.3 Å². The molecule has 0 atom stereocenters. The molecule has 0 fully saturated rings. The molecule has 0 aliphatic carbocycles. The second-order valence-electron chi connectivity index (χ2n) is 6.58. The third-order valence-electron chi connectivity index (χ3n) is 4.30. The summed E-state index contributed by atoms with van der Waals surface area (Å²) in [5.74, 6) is 2.67. The van der Waals surface area contributed by atoms with Crippen molar-refractivity contribution < 1.29 is 4.74 Å². The predicted octanol–water partition coefficient (Wildman–Crippen LogP) is 6.49. The van der Waals surface area contributed by atoms with Gasteiger partial charge in [-0.1, -0.05) is 57.5 Å². The summed E-state index contributed by atoms with van der Waals surface area (Å²) >= 11 is 11.2. The normalized spacial score (nSPS) is 10.9. The summed E-state index contributed by atoms with van der Waals surface area (Å²) in [5.41, 5.74) is 2.28. The number of benzene rings is 2. The molecule has 0 spiro atoms. The number of halogens is 2. The van der Waals surface area contributed by atoms with Gasteiger partial charge in [-0.25, -0.2) is 0 Å². The van der Waals surface area contributed by atoms with Crippen LogP contribution in [0.5, 0.6) is 5.75 Å². The van der Waals surface area contributed by atoms with Gasteiger partial charge in [-0.05, 0) is 54.8 Å². The van der Waals surface area contributed by atoms with Crippen molar-refractivity contribution in [3.05, 3.63) is 81.6 Å². The Balaban J connectivity index is 1.57.